The Bertz CT molecular complexity index is 318. The average molecular weight is 318 g/mol. The first kappa shape index (κ1) is 17.3. The maximum absolute atomic E-state index is 11.7. The summed E-state index contributed by atoms with van der Waals surface area (Å²) in [5, 5.41) is 3.60. The van der Waals surface area contributed by atoms with Crippen molar-refractivity contribution in [2.75, 3.05) is 25.9 Å². The van der Waals surface area contributed by atoms with E-state index in [1.54, 1.807) is 13.2 Å². The van der Waals surface area contributed by atoms with Crippen LogP contribution in [-0.4, -0.2) is 36.3 Å². The topological polar surface area (TPSA) is 77.0 Å². The van der Waals surface area contributed by atoms with E-state index in [0.717, 1.165) is 11.4 Å². The quantitative estimate of drug-likeness (QED) is 0.200. The molecule has 0 aromatic heterocycles. The molecule has 1 atom stereocenters. The van der Waals surface area contributed by atoms with Crippen LogP contribution in [0.25, 0.3) is 0 Å². The summed E-state index contributed by atoms with van der Waals surface area (Å²) in [5.41, 5.74) is 0. The molecular weight excluding hydrogens is 303 g/mol. The molecule has 1 unspecified atom stereocenters. The van der Waals surface area contributed by atoms with Gasteiger partial charge >= 0.3 is 5.30 Å². The second-order valence-electron chi connectivity index (χ2n) is 2.54. The molecule has 0 saturated carbocycles. The van der Waals surface area contributed by atoms with Crippen LogP contribution in [0, 0.1) is 0 Å². The molecule has 0 spiro atoms. The zero-order valence-corrected chi connectivity index (χ0v) is 13.3. The Balaban J connectivity index is 3.90. The minimum atomic E-state index is -2.74. The summed E-state index contributed by atoms with van der Waals surface area (Å²) in [6, 6.07) is 0. The van der Waals surface area contributed by atoms with Gasteiger partial charge in [0.15, 0.2) is 0 Å². The van der Waals surface area contributed by atoms with Gasteiger partial charge in [-0.3, -0.25) is 4.57 Å². The fraction of sp³-hybridized carbons (Fsp3) is 0.714. The van der Waals surface area contributed by atoms with E-state index >= 15 is 0 Å². The molecule has 0 aliphatic rings. The van der Waals surface area contributed by atoms with E-state index in [0.29, 0.717) is 17.0 Å². The van der Waals surface area contributed by atoms with E-state index in [-0.39, 0.29) is 6.29 Å². The third-order valence-electron chi connectivity index (χ3n) is 1.51. The fourth-order valence-corrected chi connectivity index (χ4v) is 3.44. The second-order valence-corrected chi connectivity index (χ2v) is 9.39. The van der Waals surface area contributed by atoms with Gasteiger partial charge in [0, 0.05) is 19.1 Å². The van der Waals surface area contributed by atoms with Gasteiger partial charge < -0.3 is 9.36 Å². The molecule has 0 aliphatic carbocycles. The minimum absolute atomic E-state index is 0.0790. The van der Waals surface area contributed by atoms with Crippen LogP contribution >= 0.6 is 41.7 Å². The minimum Gasteiger partial charge on any atom is -0.324 e. The maximum atomic E-state index is 11.7. The Morgan fingerprint density at radius 2 is 2.12 bits per heavy atom. The number of oxime groups is 1. The van der Waals surface area contributed by atoms with Gasteiger partial charge in [-0.15, -0.1) is 11.8 Å². The Labute approximate surface area is 113 Å². The Kier molecular flexibility index (Phi) is 9.48. The van der Waals surface area contributed by atoms with Gasteiger partial charge in [-0.25, -0.2) is 9.52 Å². The lowest BCUT2D eigenvalue weighted by Crippen LogP contribution is -2.10. The molecule has 0 aromatic carbocycles. The summed E-state index contributed by atoms with van der Waals surface area (Å²) in [4.78, 5) is 15.7. The first-order chi connectivity index (χ1) is 7.97. The van der Waals surface area contributed by atoms with Gasteiger partial charge in [-0.05, 0) is 19.4 Å². The summed E-state index contributed by atoms with van der Waals surface area (Å²) in [5.74, 6) is 0. The molecule has 0 amide bonds. The number of nitrogens with one attached hydrogen (secondary N) is 1. The van der Waals surface area contributed by atoms with E-state index in [9.17, 15) is 9.36 Å². The van der Waals surface area contributed by atoms with Crippen molar-refractivity contribution in [3.8, 4) is 0 Å². The summed E-state index contributed by atoms with van der Waals surface area (Å²) in [6.07, 6.45) is 3.59. The number of rotatable bonds is 6. The second kappa shape index (κ2) is 9.29. The van der Waals surface area contributed by atoms with E-state index < -0.39 is 11.9 Å². The third-order valence-corrected chi connectivity index (χ3v) is 7.08. The van der Waals surface area contributed by atoms with Gasteiger partial charge in [-0.1, -0.05) is 16.5 Å². The number of carbonyl (C=O) groups is 1. The SMILES string of the molecule is COP(=O)(CNSC(=O)ON=C(C)SC)SC. The predicted molar refractivity (Wildman–Crippen MR) is 76.8 cm³/mol. The van der Waals surface area contributed by atoms with Crippen molar-refractivity contribution in [2.24, 2.45) is 5.16 Å². The zero-order chi connectivity index (χ0) is 13.3. The smallest absolute Gasteiger partial charge is 0.324 e. The molecule has 0 rings (SSSR count). The lowest BCUT2D eigenvalue weighted by Gasteiger charge is -2.12. The van der Waals surface area contributed by atoms with Crippen LogP contribution in [-0.2, 0) is 13.9 Å². The molecule has 6 nitrogen and oxygen atoms in total. The highest BCUT2D eigenvalue weighted by molar-refractivity contribution is 8.56. The van der Waals surface area contributed by atoms with Crippen LogP contribution in [0.2, 0.25) is 0 Å². The normalized spacial score (nSPS) is 15.4. The molecule has 0 radical (unpaired) electrons. The van der Waals surface area contributed by atoms with Gasteiger partial charge in [0.05, 0.1) is 6.29 Å². The Hall–Kier alpha value is 0.340. The van der Waals surface area contributed by atoms with Crippen molar-refractivity contribution in [1.82, 2.24) is 4.72 Å². The largest absolute Gasteiger partial charge is 0.408 e. The molecule has 0 aromatic rings. The fourth-order valence-electron chi connectivity index (χ4n) is 0.531. The zero-order valence-electron chi connectivity index (χ0n) is 9.96. The number of thioether (sulfide) groups is 1. The molecule has 10 heteroatoms. The van der Waals surface area contributed by atoms with Crippen LogP contribution in [0.4, 0.5) is 4.79 Å². The van der Waals surface area contributed by atoms with Gasteiger partial charge in [-0.2, -0.15) is 0 Å². The number of hydrogen-bond donors (Lipinski definition) is 1. The highest BCUT2D eigenvalue weighted by Crippen LogP contribution is 2.56. The van der Waals surface area contributed by atoms with E-state index in [1.165, 1.54) is 18.9 Å². The van der Waals surface area contributed by atoms with Crippen LogP contribution in [0.1, 0.15) is 6.92 Å². The van der Waals surface area contributed by atoms with Crippen molar-refractivity contribution in [1.29, 1.82) is 0 Å². The lowest BCUT2D eigenvalue weighted by molar-refractivity contribution is 0.180. The highest BCUT2D eigenvalue weighted by atomic mass is 32.7. The first-order valence-corrected chi connectivity index (χ1v) is 10.1. The Morgan fingerprint density at radius 1 is 1.47 bits per heavy atom. The van der Waals surface area contributed by atoms with Crippen LogP contribution < -0.4 is 4.72 Å². The van der Waals surface area contributed by atoms with E-state index in [1.807, 2.05) is 6.26 Å². The number of hydrogen-bond acceptors (Lipinski definition) is 9. The predicted octanol–water partition coefficient (Wildman–Crippen LogP) is 3.22. The molecule has 0 aliphatic heterocycles. The molecule has 0 saturated heterocycles. The molecule has 100 valence electrons. The van der Waals surface area contributed by atoms with Crippen molar-refractivity contribution in [2.45, 2.75) is 6.92 Å². The average Bonchev–Trinajstić information content (AvgIpc) is 2.35. The molecule has 0 bridgehead atoms. The highest BCUT2D eigenvalue weighted by Gasteiger charge is 2.20. The van der Waals surface area contributed by atoms with Crippen LogP contribution in [0.3, 0.4) is 0 Å². The van der Waals surface area contributed by atoms with Crippen molar-refractivity contribution >= 4 is 52.0 Å². The van der Waals surface area contributed by atoms with Gasteiger partial charge in [0.1, 0.15) is 5.04 Å². The molecule has 1 N–H and O–H groups in total. The third kappa shape index (κ3) is 8.12. The number of carbonyl (C=O) groups excluding carboxylic acids is 1. The lowest BCUT2D eigenvalue weighted by atomic mass is 10.9. The first-order valence-electron chi connectivity index (χ1n) is 4.37. The molecule has 17 heavy (non-hydrogen) atoms. The van der Waals surface area contributed by atoms with Crippen LogP contribution in [0.5, 0.6) is 0 Å². The van der Waals surface area contributed by atoms with Gasteiger partial charge in [0.25, 0.3) is 6.57 Å². The van der Waals surface area contributed by atoms with Crippen molar-refractivity contribution in [3.63, 3.8) is 0 Å². The summed E-state index contributed by atoms with van der Waals surface area (Å²) in [7, 11) is 1.37. The van der Waals surface area contributed by atoms with Gasteiger partial charge in [0.2, 0.25) is 0 Å². The van der Waals surface area contributed by atoms with Crippen molar-refractivity contribution in [3.05, 3.63) is 0 Å². The van der Waals surface area contributed by atoms with E-state index in [4.69, 9.17) is 4.52 Å². The van der Waals surface area contributed by atoms with Crippen LogP contribution in [0.15, 0.2) is 5.16 Å². The number of nitrogens with zero attached hydrogens (tertiary/aromatic N) is 1. The summed E-state index contributed by atoms with van der Waals surface area (Å²) >= 11 is 3.19. The summed E-state index contributed by atoms with van der Waals surface area (Å²) < 4.78 is 19.2. The Morgan fingerprint density at radius 3 is 2.59 bits per heavy atom. The maximum Gasteiger partial charge on any atom is 0.408 e. The van der Waals surface area contributed by atoms with E-state index in [2.05, 4.69) is 14.7 Å². The van der Waals surface area contributed by atoms with Crippen molar-refractivity contribution < 1.29 is 18.7 Å². The molecule has 0 heterocycles. The standard InChI is InChI=1S/C7H15N2O4PS3/c1-6(15-3)9-13-7(10)17-8-5-14(11,12-2)16-4/h8H,5H2,1-4H3. The molecular formula is C7H15N2O4PS3. The monoisotopic (exact) mass is 318 g/mol. The summed E-state index contributed by atoms with van der Waals surface area (Å²) in [6.45, 7) is -1.02. The molecule has 0 fully saturated rings.